The second-order valence-corrected chi connectivity index (χ2v) is 6.63. The van der Waals surface area contributed by atoms with Crippen LogP contribution >= 0.6 is 20.3 Å². The van der Waals surface area contributed by atoms with E-state index in [9.17, 15) is 0 Å². The molecule has 1 saturated heterocycles. The Morgan fingerprint density at radius 3 is 2.56 bits per heavy atom. The average Bonchev–Trinajstić information content (AvgIpc) is 2.45. The highest BCUT2D eigenvalue weighted by Gasteiger charge is 2.36. The lowest BCUT2D eigenvalue weighted by Crippen LogP contribution is -2.07. The van der Waals surface area contributed by atoms with E-state index in [0.717, 1.165) is 4.49 Å². The van der Waals surface area contributed by atoms with Crippen molar-refractivity contribution in [3.05, 3.63) is 0 Å². The lowest BCUT2D eigenvalue weighted by atomic mass is 10.4. The Morgan fingerprint density at radius 1 is 1.22 bits per heavy atom. The van der Waals surface area contributed by atoms with Crippen LogP contribution in [0.4, 0.5) is 0 Å². The number of hydrogen-bond donors (Lipinski definition) is 0. The van der Waals surface area contributed by atoms with E-state index >= 15 is 0 Å². The first kappa shape index (κ1) is 6.49. The molecular weight excluding hydrogens is 147 g/mol. The molecule has 0 radical (unpaired) electrons. The minimum atomic E-state index is 0.833. The van der Waals surface area contributed by atoms with Crippen molar-refractivity contribution in [3.63, 3.8) is 0 Å². The van der Waals surface area contributed by atoms with E-state index in [1.54, 1.807) is 0 Å². The summed E-state index contributed by atoms with van der Waals surface area (Å²) in [6, 6.07) is 0. The van der Waals surface area contributed by atoms with Crippen LogP contribution in [0.15, 0.2) is 0 Å². The Kier molecular flexibility index (Phi) is 1.75. The summed E-state index contributed by atoms with van der Waals surface area (Å²) >= 11 is 2.26. The third kappa shape index (κ3) is 1.14. The smallest absolute Gasteiger partial charge is 0.0329 e. The molecule has 2 aliphatic rings. The van der Waals surface area contributed by atoms with Gasteiger partial charge in [-0.25, -0.2) is 0 Å². The minimum Gasteiger partial charge on any atom is -0.150 e. The maximum Gasteiger partial charge on any atom is 0.0329 e. The molecule has 2 heteroatoms. The Morgan fingerprint density at radius 2 is 2.00 bits per heavy atom. The first-order valence-electron chi connectivity index (χ1n) is 3.80. The third-order valence-corrected chi connectivity index (χ3v) is 6.58. The highest BCUT2D eigenvalue weighted by atomic mass is 32.2. The van der Waals surface area contributed by atoms with E-state index in [2.05, 4.69) is 11.8 Å². The van der Waals surface area contributed by atoms with Crippen molar-refractivity contribution in [1.82, 2.24) is 0 Å². The standard InChI is InChI=1S/C7H13PS/c1-2-4-7(3-1)8-5-6-9-7/h8H,1-6H2. The Balaban J connectivity index is 2.04. The van der Waals surface area contributed by atoms with Crippen molar-refractivity contribution in [1.29, 1.82) is 0 Å². The van der Waals surface area contributed by atoms with Gasteiger partial charge in [-0.1, -0.05) is 12.8 Å². The molecule has 0 aromatic rings. The van der Waals surface area contributed by atoms with Crippen LogP contribution in [0.1, 0.15) is 25.7 Å². The largest absolute Gasteiger partial charge is 0.150 e. The van der Waals surface area contributed by atoms with Crippen LogP contribution in [0.25, 0.3) is 0 Å². The average molecular weight is 160 g/mol. The fourth-order valence-corrected chi connectivity index (χ4v) is 5.81. The molecule has 0 N–H and O–H groups in total. The van der Waals surface area contributed by atoms with E-state index in [-0.39, 0.29) is 0 Å². The maximum absolute atomic E-state index is 2.26. The predicted octanol–water partition coefficient (Wildman–Crippen LogP) is 2.68. The van der Waals surface area contributed by atoms with Crippen molar-refractivity contribution in [3.8, 4) is 0 Å². The van der Waals surface area contributed by atoms with Gasteiger partial charge in [0.2, 0.25) is 0 Å². The van der Waals surface area contributed by atoms with E-state index in [1.807, 2.05) is 0 Å². The van der Waals surface area contributed by atoms with Crippen LogP contribution in [0.2, 0.25) is 0 Å². The molecule has 0 aromatic carbocycles. The zero-order chi connectivity index (χ0) is 6.16. The number of hydrogen-bond acceptors (Lipinski definition) is 1. The summed E-state index contributed by atoms with van der Waals surface area (Å²) < 4.78 is 0.833. The van der Waals surface area contributed by atoms with Gasteiger partial charge in [0.15, 0.2) is 0 Å². The zero-order valence-electron chi connectivity index (χ0n) is 5.65. The minimum absolute atomic E-state index is 0.833. The van der Waals surface area contributed by atoms with Crippen molar-refractivity contribution >= 4 is 20.3 Å². The monoisotopic (exact) mass is 160 g/mol. The van der Waals surface area contributed by atoms with Gasteiger partial charge < -0.3 is 0 Å². The van der Waals surface area contributed by atoms with Crippen LogP contribution in [-0.2, 0) is 0 Å². The zero-order valence-corrected chi connectivity index (χ0v) is 7.47. The second-order valence-electron chi connectivity index (χ2n) is 2.98. The molecule has 1 aliphatic heterocycles. The molecule has 0 aromatic heterocycles. The fourth-order valence-electron chi connectivity index (χ4n) is 1.84. The summed E-state index contributed by atoms with van der Waals surface area (Å²) in [4.78, 5) is 0. The summed E-state index contributed by atoms with van der Waals surface area (Å²) in [6.07, 6.45) is 7.62. The van der Waals surface area contributed by atoms with Crippen LogP contribution in [0.5, 0.6) is 0 Å². The van der Waals surface area contributed by atoms with Crippen molar-refractivity contribution < 1.29 is 0 Å². The van der Waals surface area contributed by atoms with Crippen LogP contribution in [-0.4, -0.2) is 16.4 Å². The van der Waals surface area contributed by atoms with Crippen LogP contribution < -0.4 is 0 Å². The molecule has 2 fully saturated rings. The molecular formula is C7H13PS. The van der Waals surface area contributed by atoms with Gasteiger partial charge in [-0.3, -0.25) is 0 Å². The Bertz CT molecular complexity index is 84.0. The first-order chi connectivity index (χ1) is 4.41. The molecule has 0 amide bonds. The van der Waals surface area contributed by atoms with Crippen LogP contribution in [0.3, 0.4) is 0 Å². The summed E-state index contributed by atoms with van der Waals surface area (Å²) in [5.74, 6) is 1.46. The van der Waals surface area contributed by atoms with E-state index in [1.165, 1.54) is 46.2 Å². The fraction of sp³-hybridized carbons (Fsp3) is 1.00. The van der Waals surface area contributed by atoms with Crippen molar-refractivity contribution in [2.45, 2.75) is 30.2 Å². The molecule has 9 heavy (non-hydrogen) atoms. The van der Waals surface area contributed by atoms with E-state index in [0.29, 0.717) is 0 Å². The van der Waals surface area contributed by atoms with Gasteiger partial charge in [0, 0.05) is 4.49 Å². The summed E-state index contributed by atoms with van der Waals surface area (Å²) in [7, 11) is 1.30. The van der Waals surface area contributed by atoms with Gasteiger partial charge in [-0.2, -0.15) is 11.8 Å². The molecule has 1 spiro atoms. The molecule has 1 atom stereocenters. The predicted molar refractivity (Wildman–Crippen MR) is 46.8 cm³/mol. The van der Waals surface area contributed by atoms with Gasteiger partial charge >= 0.3 is 0 Å². The molecule has 1 heterocycles. The van der Waals surface area contributed by atoms with Crippen molar-refractivity contribution in [2.24, 2.45) is 0 Å². The molecule has 52 valence electrons. The topological polar surface area (TPSA) is 0 Å². The SMILES string of the molecule is C1CCC2(C1)PCCS2. The van der Waals surface area contributed by atoms with Gasteiger partial charge in [-0.15, -0.1) is 8.58 Å². The molecule has 0 bridgehead atoms. The molecule has 1 unspecified atom stereocenters. The maximum atomic E-state index is 2.26. The quantitative estimate of drug-likeness (QED) is 0.491. The van der Waals surface area contributed by atoms with Gasteiger partial charge in [0.25, 0.3) is 0 Å². The highest BCUT2D eigenvalue weighted by Crippen LogP contribution is 2.57. The van der Waals surface area contributed by atoms with E-state index < -0.39 is 0 Å². The van der Waals surface area contributed by atoms with Crippen LogP contribution in [0, 0.1) is 0 Å². The van der Waals surface area contributed by atoms with E-state index in [4.69, 9.17) is 0 Å². The highest BCUT2D eigenvalue weighted by molar-refractivity contribution is 8.07. The summed E-state index contributed by atoms with van der Waals surface area (Å²) in [6.45, 7) is 0. The number of thioether (sulfide) groups is 1. The van der Waals surface area contributed by atoms with Gasteiger partial charge in [-0.05, 0) is 24.8 Å². The Hall–Kier alpha value is 0.780. The molecule has 1 saturated carbocycles. The molecule has 2 rings (SSSR count). The first-order valence-corrected chi connectivity index (χ1v) is 6.00. The normalized spacial score (nSPS) is 34.7. The lowest BCUT2D eigenvalue weighted by Gasteiger charge is -2.19. The second kappa shape index (κ2) is 2.43. The Labute approximate surface area is 63.0 Å². The third-order valence-electron chi connectivity index (χ3n) is 2.34. The lowest BCUT2D eigenvalue weighted by molar-refractivity contribution is 0.844. The van der Waals surface area contributed by atoms with Gasteiger partial charge in [0.1, 0.15) is 0 Å². The molecule has 1 aliphatic carbocycles. The summed E-state index contributed by atoms with van der Waals surface area (Å²) in [5.41, 5.74) is 0. The van der Waals surface area contributed by atoms with Gasteiger partial charge in [0.05, 0.1) is 0 Å². The molecule has 0 nitrogen and oxygen atoms in total. The number of rotatable bonds is 0. The summed E-state index contributed by atoms with van der Waals surface area (Å²) in [5, 5.41) is 0. The van der Waals surface area contributed by atoms with Crippen molar-refractivity contribution in [2.75, 3.05) is 11.9 Å².